The minimum Gasteiger partial charge on any atom is -0.468 e. The fourth-order valence-electron chi connectivity index (χ4n) is 2.89. The molecule has 2 aliphatic heterocycles. The summed E-state index contributed by atoms with van der Waals surface area (Å²) in [5.74, 6) is -1.02. The molecule has 2 heterocycles. The lowest BCUT2D eigenvalue weighted by molar-refractivity contribution is -0.151. The lowest BCUT2D eigenvalue weighted by Crippen LogP contribution is -2.46. The van der Waals surface area contributed by atoms with Crippen molar-refractivity contribution in [1.29, 1.82) is 0 Å². The van der Waals surface area contributed by atoms with E-state index in [4.69, 9.17) is 4.74 Å². The number of nitrogens with zero attached hydrogens (tertiary/aromatic N) is 1. The molecule has 0 aliphatic carbocycles. The van der Waals surface area contributed by atoms with Crippen LogP contribution in [0.1, 0.15) is 19.3 Å². The van der Waals surface area contributed by atoms with E-state index in [1.54, 1.807) is 0 Å². The molecule has 15 heavy (non-hydrogen) atoms. The van der Waals surface area contributed by atoms with Crippen LogP contribution in [0, 0.1) is 5.92 Å². The predicted octanol–water partition coefficient (Wildman–Crippen LogP) is 1.28. The summed E-state index contributed by atoms with van der Waals surface area (Å²) >= 11 is 0. The van der Waals surface area contributed by atoms with Crippen molar-refractivity contribution in [2.24, 2.45) is 5.92 Å². The van der Waals surface area contributed by atoms with E-state index in [0.717, 1.165) is 13.0 Å². The number of halogens is 2. The summed E-state index contributed by atoms with van der Waals surface area (Å²) in [6.45, 7) is 1.06. The van der Waals surface area contributed by atoms with Crippen LogP contribution in [0.3, 0.4) is 0 Å². The first-order chi connectivity index (χ1) is 7.10. The Morgan fingerprint density at radius 3 is 2.93 bits per heavy atom. The van der Waals surface area contributed by atoms with Gasteiger partial charge in [0.05, 0.1) is 7.11 Å². The van der Waals surface area contributed by atoms with E-state index in [1.807, 2.05) is 4.90 Å². The Kier molecular flexibility index (Phi) is 2.66. The van der Waals surface area contributed by atoms with Crippen LogP contribution in [0.25, 0.3) is 0 Å². The third-order valence-corrected chi connectivity index (χ3v) is 3.60. The third-order valence-electron chi connectivity index (χ3n) is 3.60. The summed E-state index contributed by atoms with van der Waals surface area (Å²) in [6.07, 6.45) is -0.539. The molecule has 86 valence electrons. The van der Waals surface area contributed by atoms with E-state index in [2.05, 4.69) is 0 Å². The second-order valence-electron chi connectivity index (χ2n) is 4.37. The first kappa shape index (κ1) is 10.8. The first-order valence-corrected chi connectivity index (χ1v) is 5.22. The molecule has 0 aromatic rings. The number of rotatable bonds is 2. The average Bonchev–Trinajstić information content (AvgIpc) is 2.72. The van der Waals surface area contributed by atoms with Crippen LogP contribution >= 0.6 is 0 Å². The molecule has 2 aliphatic rings. The predicted molar refractivity (Wildman–Crippen MR) is 49.7 cm³/mol. The Labute approximate surface area is 87.4 Å². The van der Waals surface area contributed by atoms with E-state index in [-0.39, 0.29) is 12.4 Å². The van der Waals surface area contributed by atoms with Crippen molar-refractivity contribution >= 4 is 5.97 Å². The van der Waals surface area contributed by atoms with Crippen molar-refractivity contribution in [2.45, 2.75) is 31.2 Å². The summed E-state index contributed by atoms with van der Waals surface area (Å²) in [4.78, 5) is 13.5. The number of carbonyl (C=O) groups is 1. The van der Waals surface area contributed by atoms with Crippen LogP contribution < -0.4 is 0 Å². The van der Waals surface area contributed by atoms with Crippen LogP contribution in [0.4, 0.5) is 8.78 Å². The van der Waals surface area contributed by atoms with E-state index in [0.29, 0.717) is 13.0 Å². The van der Waals surface area contributed by atoms with Crippen molar-refractivity contribution in [3.8, 4) is 0 Å². The summed E-state index contributed by atoms with van der Waals surface area (Å²) in [7, 11) is 1.32. The second kappa shape index (κ2) is 3.70. The van der Waals surface area contributed by atoms with Crippen molar-refractivity contribution < 1.29 is 18.3 Å². The highest BCUT2D eigenvalue weighted by molar-refractivity contribution is 5.81. The SMILES string of the molecule is COC(=O)C12CCCN1C[C@H](C(F)F)C2. The molecule has 2 atom stereocenters. The van der Waals surface area contributed by atoms with Gasteiger partial charge in [-0.25, -0.2) is 8.78 Å². The molecule has 0 saturated carbocycles. The largest absolute Gasteiger partial charge is 0.468 e. The molecule has 1 unspecified atom stereocenters. The Balaban J connectivity index is 2.18. The number of hydrogen-bond acceptors (Lipinski definition) is 3. The first-order valence-electron chi connectivity index (χ1n) is 5.22. The zero-order chi connectivity index (χ0) is 11.1. The highest BCUT2D eigenvalue weighted by Gasteiger charge is 2.56. The van der Waals surface area contributed by atoms with Gasteiger partial charge < -0.3 is 4.74 Å². The Bertz CT molecular complexity index is 272. The van der Waals surface area contributed by atoms with Gasteiger partial charge in [0.1, 0.15) is 5.54 Å². The van der Waals surface area contributed by atoms with Crippen LogP contribution in [-0.4, -0.2) is 43.0 Å². The summed E-state index contributed by atoms with van der Waals surface area (Å²) in [5, 5.41) is 0. The van der Waals surface area contributed by atoms with Gasteiger partial charge >= 0.3 is 5.97 Å². The summed E-state index contributed by atoms with van der Waals surface area (Å²) < 4.78 is 30.0. The fourth-order valence-corrected chi connectivity index (χ4v) is 2.89. The van der Waals surface area contributed by atoms with Gasteiger partial charge in [0, 0.05) is 12.5 Å². The van der Waals surface area contributed by atoms with Crippen LogP contribution in [0.2, 0.25) is 0 Å². The molecule has 0 spiro atoms. The minimum atomic E-state index is -2.34. The number of hydrogen-bond donors (Lipinski definition) is 0. The maximum Gasteiger partial charge on any atom is 0.326 e. The Morgan fingerprint density at radius 2 is 2.33 bits per heavy atom. The number of alkyl halides is 2. The molecule has 0 amide bonds. The molecular formula is C10H15F2NO2. The van der Waals surface area contributed by atoms with Crippen LogP contribution in [-0.2, 0) is 9.53 Å². The monoisotopic (exact) mass is 219 g/mol. The molecule has 2 rings (SSSR count). The number of ether oxygens (including phenoxy) is 1. The van der Waals surface area contributed by atoms with Crippen molar-refractivity contribution in [1.82, 2.24) is 4.90 Å². The Hall–Kier alpha value is -0.710. The normalized spacial score (nSPS) is 35.9. The quantitative estimate of drug-likeness (QED) is 0.655. The topological polar surface area (TPSA) is 29.5 Å². The van der Waals surface area contributed by atoms with Gasteiger partial charge in [-0.2, -0.15) is 0 Å². The van der Waals surface area contributed by atoms with Crippen molar-refractivity contribution in [3.63, 3.8) is 0 Å². The smallest absolute Gasteiger partial charge is 0.326 e. The van der Waals surface area contributed by atoms with E-state index >= 15 is 0 Å². The Morgan fingerprint density at radius 1 is 1.60 bits per heavy atom. The average molecular weight is 219 g/mol. The fraction of sp³-hybridized carbons (Fsp3) is 0.900. The number of fused-ring (bicyclic) bond motifs is 1. The molecule has 0 N–H and O–H groups in total. The molecule has 5 heteroatoms. The minimum absolute atomic E-state index is 0.247. The zero-order valence-electron chi connectivity index (χ0n) is 8.71. The number of methoxy groups -OCH3 is 1. The van der Waals surface area contributed by atoms with Crippen LogP contribution in [0.15, 0.2) is 0 Å². The number of esters is 1. The molecule has 0 bridgehead atoms. The van der Waals surface area contributed by atoms with Gasteiger partial charge in [-0.3, -0.25) is 9.69 Å². The van der Waals surface area contributed by atoms with E-state index < -0.39 is 17.9 Å². The highest BCUT2D eigenvalue weighted by atomic mass is 19.3. The van der Waals surface area contributed by atoms with Crippen LogP contribution in [0.5, 0.6) is 0 Å². The molecule has 0 aromatic heterocycles. The van der Waals surface area contributed by atoms with Gasteiger partial charge in [-0.15, -0.1) is 0 Å². The highest BCUT2D eigenvalue weighted by Crippen LogP contribution is 2.44. The van der Waals surface area contributed by atoms with Gasteiger partial charge in [0.2, 0.25) is 6.43 Å². The van der Waals surface area contributed by atoms with E-state index in [1.165, 1.54) is 7.11 Å². The lowest BCUT2D eigenvalue weighted by atomic mass is 9.90. The standard InChI is InChI=1S/C10H15F2NO2/c1-15-9(14)10-3-2-4-13(10)6-7(5-10)8(11)12/h7-8H,2-6H2,1H3/t7-,10?/m1/s1. The van der Waals surface area contributed by atoms with Gasteiger partial charge in [0.25, 0.3) is 0 Å². The van der Waals surface area contributed by atoms with E-state index in [9.17, 15) is 13.6 Å². The van der Waals surface area contributed by atoms with Gasteiger partial charge in [0.15, 0.2) is 0 Å². The zero-order valence-corrected chi connectivity index (χ0v) is 8.71. The van der Waals surface area contributed by atoms with Crippen molar-refractivity contribution in [3.05, 3.63) is 0 Å². The molecule has 2 saturated heterocycles. The maximum atomic E-state index is 12.6. The molecule has 2 fully saturated rings. The lowest BCUT2D eigenvalue weighted by Gasteiger charge is -2.28. The van der Waals surface area contributed by atoms with Gasteiger partial charge in [-0.05, 0) is 25.8 Å². The second-order valence-corrected chi connectivity index (χ2v) is 4.37. The molecule has 0 aromatic carbocycles. The summed E-state index contributed by atoms with van der Waals surface area (Å²) in [5.41, 5.74) is -0.740. The number of carbonyl (C=O) groups excluding carboxylic acids is 1. The molecule has 3 nitrogen and oxygen atoms in total. The summed E-state index contributed by atoms with van der Waals surface area (Å²) in [6, 6.07) is 0. The van der Waals surface area contributed by atoms with Gasteiger partial charge in [-0.1, -0.05) is 0 Å². The molecular weight excluding hydrogens is 204 g/mol. The van der Waals surface area contributed by atoms with Crippen molar-refractivity contribution in [2.75, 3.05) is 20.2 Å². The third kappa shape index (κ3) is 1.53. The maximum absolute atomic E-state index is 12.6. The molecule has 0 radical (unpaired) electrons.